The molecule has 0 unspecified atom stereocenters. The monoisotopic (exact) mass is 397 g/mol. The number of piperidine rings is 3. The molecule has 0 N–H and O–H groups in total. The van der Waals surface area contributed by atoms with Gasteiger partial charge in [0, 0.05) is 25.2 Å². The number of halogens is 1. The Kier molecular flexibility index (Phi) is 5.92. The number of nitrogens with zero attached hydrogens (tertiary/aromatic N) is 3. The molecule has 3 saturated heterocycles. The number of fused-ring (bicyclic) bond motifs is 4. The Labute approximate surface area is 173 Å². The lowest BCUT2D eigenvalue weighted by Crippen LogP contribution is -2.64. The molecule has 3 aliphatic rings. The normalized spacial score (nSPS) is 29.4. The van der Waals surface area contributed by atoms with Gasteiger partial charge in [0.2, 0.25) is 0 Å². The third-order valence-electron chi connectivity index (χ3n) is 7.28. The second kappa shape index (κ2) is 8.44. The zero-order valence-corrected chi connectivity index (χ0v) is 17.6. The molecule has 2 bridgehead atoms. The summed E-state index contributed by atoms with van der Waals surface area (Å²) in [5, 5.41) is 8.96. The fraction of sp³-hybridized carbons (Fsp3) is 0.667. The van der Waals surface area contributed by atoms with Gasteiger partial charge in [-0.2, -0.15) is 5.26 Å². The van der Waals surface area contributed by atoms with Crippen molar-refractivity contribution < 1.29 is 9.18 Å². The van der Waals surface area contributed by atoms with Crippen molar-refractivity contribution in [3.05, 3.63) is 35.1 Å². The third kappa shape index (κ3) is 4.05. The van der Waals surface area contributed by atoms with Crippen LogP contribution in [0.15, 0.2) is 18.2 Å². The minimum Gasteiger partial charge on any atom is -0.338 e. The predicted molar refractivity (Wildman–Crippen MR) is 111 cm³/mol. The van der Waals surface area contributed by atoms with Crippen LogP contribution in [0.5, 0.6) is 0 Å². The lowest BCUT2D eigenvalue weighted by atomic mass is 9.71. The van der Waals surface area contributed by atoms with Crippen LogP contribution in [-0.4, -0.2) is 47.4 Å². The fourth-order valence-corrected chi connectivity index (χ4v) is 5.90. The van der Waals surface area contributed by atoms with Crippen molar-refractivity contribution in [2.24, 2.45) is 17.8 Å². The topological polar surface area (TPSA) is 47.3 Å². The maximum Gasteiger partial charge on any atom is 0.256 e. The van der Waals surface area contributed by atoms with Gasteiger partial charge in [0.25, 0.3) is 5.91 Å². The van der Waals surface area contributed by atoms with E-state index in [4.69, 9.17) is 5.26 Å². The van der Waals surface area contributed by atoms with Gasteiger partial charge in [-0.15, -0.1) is 0 Å². The Bertz CT molecular complexity index is 802. The fourth-order valence-electron chi connectivity index (χ4n) is 5.90. The van der Waals surface area contributed by atoms with Crippen LogP contribution in [0.2, 0.25) is 0 Å². The molecule has 0 spiro atoms. The molecule has 0 saturated carbocycles. The second-order valence-electron chi connectivity index (χ2n) is 9.61. The molecule has 0 aliphatic carbocycles. The maximum absolute atomic E-state index is 14.5. The highest BCUT2D eigenvalue weighted by molar-refractivity contribution is 5.94. The number of carbonyl (C=O) groups excluding carboxylic acids is 1. The summed E-state index contributed by atoms with van der Waals surface area (Å²) in [5.41, 5.74) is 0.351. The van der Waals surface area contributed by atoms with Crippen LogP contribution >= 0.6 is 0 Å². The molecule has 1 aromatic carbocycles. The molecular formula is C24H32FN3O. The number of benzene rings is 1. The predicted octanol–water partition coefficient (Wildman–Crippen LogP) is 4.45. The van der Waals surface area contributed by atoms with Crippen molar-refractivity contribution in [2.45, 2.75) is 64.5 Å². The Morgan fingerprint density at radius 2 is 2.07 bits per heavy atom. The standard InChI is InChI=1S/C24H32FN3O/c1-16(2)6-9-23-19-12-18(22-5-3-4-10-28(22)23)14-27(15-19)24(29)20-8-7-17(13-26)11-21(20)25/h7-8,11,16,18-19,22-23H,3-6,9-10,12,14-15H2,1-2H3/t18-,19+,22+,23+/m1/s1. The highest BCUT2D eigenvalue weighted by Crippen LogP contribution is 2.43. The first-order valence-electron chi connectivity index (χ1n) is 11.2. The van der Waals surface area contributed by atoms with Crippen molar-refractivity contribution in [1.82, 2.24) is 9.80 Å². The van der Waals surface area contributed by atoms with Crippen LogP contribution in [0.25, 0.3) is 0 Å². The molecular weight excluding hydrogens is 365 g/mol. The smallest absolute Gasteiger partial charge is 0.256 e. The van der Waals surface area contributed by atoms with Crippen LogP contribution in [0, 0.1) is 34.9 Å². The first-order chi connectivity index (χ1) is 14.0. The molecule has 1 aromatic rings. The van der Waals surface area contributed by atoms with Crippen molar-refractivity contribution >= 4 is 5.91 Å². The Morgan fingerprint density at radius 1 is 1.28 bits per heavy atom. The molecule has 1 amide bonds. The minimum atomic E-state index is -0.583. The molecule has 3 aliphatic heterocycles. The molecule has 5 heteroatoms. The van der Waals surface area contributed by atoms with E-state index in [1.54, 1.807) is 0 Å². The van der Waals surface area contributed by atoms with E-state index in [-0.39, 0.29) is 17.0 Å². The number of carbonyl (C=O) groups is 1. The number of nitriles is 1. The summed E-state index contributed by atoms with van der Waals surface area (Å²) in [7, 11) is 0. The molecule has 3 heterocycles. The number of likely N-dealkylation sites (tertiary alicyclic amines) is 1. The molecule has 29 heavy (non-hydrogen) atoms. The van der Waals surface area contributed by atoms with E-state index in [2.05, 4.69) is 18.7 Å². The van der Waals surface area contributed by atoms with Crippen LogP contribution < -0.4 is 0 Å². The van der Waals surface area contributed by atoms with Gasteiger partial charge in [-0.1, -0.05) is 20.3 Å². The number of rotatable bonds is 4. The van der Waals surface area contributed by atoms with Gasteiger partial charge in [0.1, 0.15) is 5.82 Å². The highest BCUT2D eigenvalue weighted by Gasteiger charge is 2.47. The summed E-state index contributed by atoms with van der Waals surface area (Å²) >= 11 is 0. The van der Waals surface area contributed by atoms with Crippen molar-refractivity contribution in [3.63, 3.8) is 0 Å². The Balaban J connectivity index is 1.56. The van der Waals surface area contributed by atoms with Gasteiger partial charge in [-0.25, -0.2) is 4.39 Å². The highest BCUT2D eigenvalue weighted by atomic mass is 19.1. The quantitative estimate of drug-likeness (QED) is 0.754. The van der Waals surface area contributed by atoms with E-state index >= 15 is 0 Å². The zero-order valence-electron chi connectivity index (χ0n) is 17.6. The third-order valence-corrected chi connectivity index (χ3v) is 7.28. The maximum atomic E-state index is 14.5. The molecule has 3 fully saturated rings. The summed E-state index contributed by atoms with van der Waals surface area (Å²) < 4.78 is 14.5. The lowest BCUT2D eigenvalue weighted by Gasteiger charge is -2.57. The number of hydrogen-bond donors (Lipinski definition) is 0. The molecule has 4 rings (SSSR count). The van der Waals surface area contributed by atoms with Gasteiger partial charge >= 0.3 is 0 Å². The van der Waals surface area contributed by atoms with Crippen LogP contribution in [0.3, 0.4) is 0 Å². The van der Waals surface area contributed by atoms with Crippen molar-refractivity contribution in [3.8, 4) is 6.07 Å². The van der Waals surface area contributed by atoms with Crippen LogP contribution in [-0.2, 0) is 0 Å². The van der Waals surface area contributed by atoms with E-state index in [0.717, 1.165) is 13.1 Å². The number of amides is 1. The Hall–Kier alpha value is -1.93. The summed E-state index contributed by atoms with van der Waals surface area (Å²) in [5.74, 6) is 0.862. The van der Waals surface area contributed by atoms with Gasteiger partial charge < -0.3 is 4.90 Å². The van der Waals surface area contributed by atoms with Gasteiger partial charge in [0.15, 0.2) is 0 Å². The summed E-state index contributed by atoms with van der Waals surface area (Å²) in [6, 6.07) is 7.23. The molecule has 4 atom stereocenters. The lowest BCUT2D eigenvalue weighted by molar-refractivity contribution is -0.0682. The minimum absolute atomic E-state index is 0.100. The first kappa shape index (κ1) is 20.3. The van der Waals surface area contributed by atoms with E-state index in [1.807, 2.05) is 11.0 Å². The van der Waals surface area contributed by atoms with E-state index < -0.39 is 5.82 Å². The van der Waals surface area contributed by atoms with Gasteiger partial charge in [0.05, 0.1) is 17.2 Å². The SMILES string of the molecule is CC(C)CC[C@H]1[C@H]2C[C@H](CN(C(=O)c3ccc(C#N)cc3F)C2)[C@@H]2CCCCN21. The average molecular weight is 398 g/mol. The second-order valence-corrected chi connectivity index (χ2v) is 9.61. The first-order valence-corrected chi connectivity index (χ1v) is 11.2. The summed E-state index contributed by atoms with van der Waals surface area (Å²) in [6.07, 6.45) is 7.39. The molecule has 0 radical (unpaired) electrons. The summed E-state index contributed by atoms with van der Waals surface area (Å²) in [4.78, 5) is 17.8. The largest absolute Gasteiger partial charge is 0.338 e. The van der Waals surface area contributed by atoms with Gasteiger partial charge in [-0.3, -0.25) is 9.69 Å². The van der Waals surface area contributed by atoms with Crippen molar-refractivity contribution in [2.75, 3.05) is 19.6 Å². The van der Waals surface area contributed by atoms with E-state index in [1.165, 1.54) is 63.3 Å². The van der Waals surface area contributed by atoms with Gasteiger partial charge in [-0.05, 0) is 74.6 Å². The van der Waals surface area contributed by atoms with E-state index in [9.17, 15) is 9.18 Å². The number of hydrogen-bond acceptors (Lipinski definition) is 3. The van der Waals surface area contributed by atoms with E-state index in [0.29, 0.717) is 29.8 Å². The molecule has 156 valence electrons. The summed E-state index contributed by atoms with van der Waals surface area (Å²) in [6.45, 7) is 7.21. The van der Waals surface area contributed by atoms with Crippen LogP contribution in [0.4, 0.5) is 4.39 Å². The van der Waals surface area contributed by atoms with Crippen LogP contribution in [0.1, 0.15) is 68.3 Å². The molecule has 4 nitrogen and oxygen atoms in total. The van der Waals surface area contributed by atoms with Crippen molar-refractivity contribution in [1.29, 1.82) is 5.26 Å². The average Bonchev–Trinajstić information content (AvgIpc) is 2.72. The molecule has 0 aromatic heterocycles. The Morgan fingerprint density at radius 3 is 2.79 bits per heavy atom. The zero-order chi connectivity index (χ0) is 20.5.